The van der Waals surface area contributed by atoms with Crippen LogP contribution in [0, 0.1) is 0 Å². The van der Waals surface area contributed by atoms with Crippen LogP contribution < -0.4 is 0 Å². The van der Waals surface area contributed by atoms with Gasteiger partial charge in [-0.05, 0) is 29.7 Å². The standard InChI is InChI=1S/C23H23ClN4O/c24-19-9-7-18(8-10-19)14-28-22(29)20-15-26(13-17-5-2-1-3-6-17)16-21(20)27-12-4-11-25-23(27)28/h1-3,5-10H,4,11-16H2. The number of carbonyl (C=O) groups is 1. The molecule has 2 aromatic rings. The van der Waals surface area contributed by atoms with E-state index in [-0.39, 0.29) is 5.91 Å². The van der Waals surface area contributed by atoms with Gasteiger partial charge in [-0.25, -0.2) is 0 Å². The van der Waals surface area contributed by atoms with Gasteiger partial charge >= 0.3 is 0 Å². The van der Waals surface area contributed by atoms with E-state index < -0.39 is 0 Å². The summed E-state index contributed by atoms with van der Waals surface area (Å²) in [5.74, 6) is 0.888. The van der Waals surface area contributed by atoms with Crippen LogP contribution in [0.4, 0.5) is 0 Å². The summed E-state index contributed by atoms with van der Waals surface area (Å²) >= 11 is 6.02. The highest BCUT2D eigenvalue weighted by Crippen LogP contribution is 2.32. The molecule has 0 spiro atoms. The average Bonchev–Trinajstić information content (AvgIpc) is 3.17. The van der Waals surface area contributed by atoms with E-state index in [0.29, 0.717) is 18.1 Å². The number of nitrogens with zero attached hydrogens (tertiary/aromatic N) is 4. The predicted molar refractivity (Wildman–Crippen MR) is 114 cm³/mol. The Morgan fingerprint density at radius 1 is 0.931 bits per heavy atom. The molecule has 0 aliphatic carbocycles. The maximum atomic E-state index is 13.4. The number of amides is 1. The van der Waals surface area contributed by atoms with Gasteiger partial charge in [0.15, 0.2) is 0 Å². The molecule has 0 saturated carbocycles. The maximum Gasteiger partial charge on any atom is 0.259 e. The predicted octanol–water partition coefficient (Wildman–Crippen LogP) is 3.51. The van der Waals surface area contributed by atoms with Gasteiger partial charge in [-0.1, -0.05) is 54.1 Å². The summed E-state index contributed by atoms with van der Waals surface area (Å²) in [6, 6.07) is 18.1. The third-order valence-electron chi connectivity index (χ3n) is 5.71. The first kappa shape index (κ1) is 18.4. The molecule has 0 fully saturated rings. The Morgan fingerprint density at radius 2 is 1.69 bits per heavy atom. The molecular weight excluding hydrogens is 384 g/mol. The van der Waals surface area contributed by atoms with E-state index >= 15 is 0 Å². The van der Waals surface area contributed by atoms with Gasteiger partial charge in [0.2, 0.25) is 5.96 Å². The second-order valence-corrected chi connectivity index (χ2v) is 8.20. The van der Waals surface area contributed by atoms with Gasteiger partial charge in [0.05, 0.1) is 12.1 Å². The van der Waals surface area contributed by atoms with Crippen molar-refractivity contribution in [3.05, 3.63) is 82.0 Å². The first-order valence-corrected chi connectivity index (χ1v) is 10.4. The fraction of sp³-hybridized carbons (Fsp3) is 0.304. The largest absolute Gasteiger partial charge is 0.314 e. The van der Waals surface area contributed by atoms with Crippen LogP contribution in [0.5, 0.6) is 0 Å². The molecule has 5 nitrogen and oxygen atoms in total. The van der Waals surface area contributed by atoms with E-state index in [1.54, 1.807) is 0 Å². The van der Waals surface area contributed by atoms with Crippen LogP contribution in [-0.4, -0.2) is 52.7 Å². The van der Waals surface area contributed by atoms with Crippen molar-refractivity contribution in [2.24, 2.45) is 4.99 Å². The van der Waals surface area contributed by atoms with Crippen molar-refractivity contribution in [1.82, 2.24) is 14.7 Å². The van der Waals surface area contributed by atoms with E-state index in [2.05, 4.69) is 34.1 Å². The zero-order valence-corrected chi connectivity index (χ0v) is 17.0. The van der Waals surface area contributed by atoms with Crippen LogP contribution in [0.2, 0.25) is 5.02 Å². The Kier molecular flexibility index (Phi) is 4.86. The zero-order valence-electron chi connectivity index (χ0n) is 16.2. The van der Waals surface area contributed by atoms with Crippen molar-refractivity contribution >= 4 is 23.5 Å². The lowest BCUT2D eigenvalue weighted by Gasteiger charge is -2.40. The van der Waals surface area contributed by atoms with Gasteiger partial charge < -0.3 is 4.90 Å². The quantitative estimate of drug-likeness (QED) is 0.780. The lowest BCUT2D eigenvalue weighted by atomic mass is 10.1. The summed E-state index contributed by atoms with van der Waals surface area (Å²) in [7, 11) is 0. The Balaban J connectivity index is 1.41. The molecule has 0 aromatic heterocycles. The fourth-order valence-corrected chi connectivity index (χ4v) is 4.45. The van der Waals surface area contributed by atoms with Crippen molar-refractivity contribution in [3.8, 4) is 0 Å². The second-order valence-electron chi connectivity index (χ2n) is 7.76. The highest BCUT2D eigenvalue weighted by Gasteiger charge is 2.41. The molecule has 0 unspecified atom stereocenters. The van der Waals surface area contributed by atoms with Crippen LogP contribution in [0.1, 0.15) is 17.5 Å². The van der Waals surface area contributed by atoms with Crippen LogP contribution in [0.3, 0.4) is 0 Å². The first-order chi connectivity index (χ1) is 14.2. The van der Waals surface area contributed by atoms with Gasteiger partial charge in [-0.2, -0.15) is 0 Å². The van der Waals surface area contributed by atoms with Gasteiger partial charge in [-0.3, -0.25) is 19.6 Å². The van der Waals surface area contributed by atoms with E-state index in [1.807, 2.05) is 35.2 Å². The molecule has 0 radical (unpaired) electrons. The molecule has 3 aliphatic rings. The fourth-order valence-electron chi connectivity index (χ4n) is 4.32. The highest BCUT2D eigenvalue weighted by atomic mass is 35.5. The molecule has 0 N–H and O–H groups in total. The summed E-state index contributed by atoms with van der Waals surface area (Å²) < 4.78 is 0. The summed E-state index contributed by atoms with van der Waals surface area (Å²) in [5.41, 5.74) is 4.37. The minimum absolute atomic E-state index is 0.0856. The van der Waals surface area contributed by atoms with Crippen molar-refractivity contribution in [1.29, 1.82) is 0 Å². The molecule has 148 valence electrons. The topological polar surface area (TPSA) is 39.2 Å². The first-order valence-electron chi connectivity index (χ1n) is 10.1. The molecule has 6 heteroatoms. The number of halogens is 1. The van der Waals surface area contributed by atoms with E-state index in [0.717, 1.165) is 55.4 Å². The minimum Gasteiger partial charge on any atom is -0.314 e. The molecule has 5 rings (SSSR count). The number of guanidine groups is 1. The van der Waals surface area contributed by atoms with Crippen molar-refractivity contribution < 1.29 is 4.79 Å². The Hall–Kier alpha value is -2.63. The lowest BCUT2D eigenvalue weighted by Crippen LogP contribution is -2.53. The molecule has 1 amide bonds. The summed E-state index contributed by atoms with van der Waals surface area (Å²) in [6.07, 6.45) is 1.02. The molecular formula is C23H23ClN4O. The molecule has 0 atom stereocenters. The van der Waals surface area contributed by atoms with E-state index in [4.69, 9.17) is 16.6 Å². The normalized spacial score (nSPS) is 19.3. The molecule has 29 heavy (non-hydrogen) atoms. The third-order valence-corrected chi connectivity index (χ3v) is 5.96. The van der Waals surface area contributed by atoms with Crippen molar-refractivity contribution in [2.45, 2.75) is 19.5 Å². The lowest BCUT2D eigenvalue weighted by molar-refractivity contribution is -0.125. The zero-order chi connectivity index (χ0) is 19.8. The molecule has 3 aliphatic heterocycles. The van der Waals surface area contributed by atoms with E-state index in [1.165, 1.54) is 5.56 Å². The van der Waals surface area contributed by atoms with Gasteiger partial charge in [0.25, 0.3) is 5.91 Å². The van der Waals surface area contributed by atoms with Gasteiger partial charge in [0, 0.05) is 43.4 Å². The van der Waals surface area contributed by atoms with Gasteiger partial charge in [0.1, 0.15) is 0 Å². The Morgan fingerprint density at radius 3 is 2.48 bits per heavy atom. The molecule has 0 bridgehead atoms. The highest BCUT2D eigenvalue weighted by molar-refractivity contribution is 6.30. The number of benzene rings is 2. The third kappa shape index (κ3) is 3.56. The number of hydrogen-bond acceptors (Lipinski definition) is 4. The van der Waals surface area contributed by atoms with Gasteiger partial charge in [-0.15, -0.1) is 0 Å². The number of aliphatic imine (C=N–C) groups is 1. The summed E-state index contributed by atoms with van der Waals surface area (Å²) in [5, 5.41) is 0.702. The van der Waals surface area contributed by atoms with Crippen LogP contribution in [0.25, 0.3) is 0 Å². The second kappa shape index (κ2) is 7.65. The summed E-state index contributed by atoms with van der Waals surface area (Å²) in [4.78, 5) is 24.6. The van der Waals surface area contributed by atoms with Crippen molar-refractivity contribution in [2.75, 3.05) is 26.2 Å². The number of hydrogen-bond donors (Lipinski definition) is 0. The SMILES string of the molecule is O=C1C2=C(CN(Cc3ccccc3)C2)N2CCCN=C2N1Cc1ccc(Cl)cc1. The van der Waals surface area contributed by atoms with E-state index in [9.17, 15) is 4.79 Å². The molecule has 3 heterocycles. The maximum absolute atomic E-state index is 13.4. The molecule has 0 saturated heterocycles. The number of rotatable bonds is 4. The smallest absolute Gasteiger partial charge is 0.259 e. The number of carbonyl (C=O) groups excluding carboxylic acids is 1. The van der Waals surface area contributed by atoms with Crippen molar-refractivity contribution in [3.63, 3.8) is 0 Å². The van der Waals surface area contributed by atoms with Crippen LogP contribution in [0.15, 0.2) is 70.9 Å². The minimum atomic E-state index is 0.0856. The van der Waals surface area contributed by atoms with Crippen LogP contribution >= 0.6 is 11.6 Å². The summed E-state index contributed by atoms with van der Waals surface area (Å²) in [6.45, 7) is 4.53. The Labute approximate surface area is 175 Å². The number of fused-ring (bicyclic) bond motifs is 2. The molecule has 2 aromatic carbocycles. The average molecular weight is 407 g/mol. The monoisotopic (exact) mass is 406 g/mol. The Bertz CT molecular complexity index is 984. The van der Waals surface area contributed by atoms with Crippen LogP contribution in [-0.2, 0) is 17.9 Å².